The molecule has 0 aliphatic carbocycles. The van der Waals surface area contributed by atoms with Crippen molar-refractivity contribution in [1.29, 1.82) is 0 Å². The van der Waals surface area contributed by atoms with Crippen molar-refractivity contribution < 1.29 is 19.4 Å². The lowest BCUT2D eigenvalue weighted by atomic mass is 10.1. The third-order valence-electron chi connectivity index (χ3n) is 2.52. The molecule has 0 amide bonds. The van der Waals surface area contributed by atoms with Crippen LogP contribution in [0.4, 0.5) is 0 Å². The molecule has 1 rings (SSSR count). The summed E-state index contributed by atoms with van der Waals surface area (Å²) in [6, 6.07) is 6.83. The average Bonchev–Trinajstić information content (AvgIpc) is 2.32. The van der Waals surface area contributed by atoms with Crippen LogP contribution in [0.2, 0.25) is 0 Å². The molecular formula is C16H24O4. The molecular weight excluding hydrogens is 256 g/mol. The molecule has 1 aromatic rings. The maximum atomic E-state index is 12.1. The predicted octanol–water partition coefficient (Wildman–Crippen LogP) is 3.07. The Kier molecular flexibility index (Phi) is 6.02. The lowest BCUT2D eigenvalue weighted by molar-refractivity contribution is -0.168. The number of phenols is 1. The lowest BCUT2D eigenvalue weighted by Crippen LogP contribution is -2.35. The molecule has 0 saturated heterocycles. The Morgan fingerprint density at radius 2 is 2.05 bits per heavy atom. The largest absolute Gasteiger partial charge is 0.508 e. The van der Waals surface area contributed by atoms with Crippen LogP contribution in [0.15, 0.2) is 24.3 Å². The molecule has 4 heteroatoms. The number of phenolic OH excluding ortho intramolecular Hbond substituents is 1. The molecule has 0 aromatic heterocycles. The third kappa shape index (κ3) is 6.06. The first-order valence-electron chi connectivity index (χ1n) is 6.94. The molecule has 0 bridgehead atoms. The highest BCUT2D eigenvalue weighted by Gasteiger charge is 2.26. The quantitative estimate of drug-likeness (QED) is 0.814. The maximum Gasteiger partial charge on any atom is 0.336 e. The van der Waals surface area contributed by atoms with Crippen LogP contribution in [0.1, 0.15) is 39.7 Å². The summed E-state index contributed by atoms with van der Waals surface area (Å²) >= 11 is 0. The molecule has 4 nitrogen and oxygen atoms in total. The molecule has 0 radical (unpaired) electrons. The standard InChI is InChI=1S/C16H24O4/c1-5-9-19-14(15(18)20-16(2,3)4)11-12-7-6-8-13(17)10-12/h6-8,10,14,17H,5,9,11H2,1-4H3. The second kappa shape index (κ2) is 7.29. The van der Waals surface area contributed by atoms with Gasteiger partial charge in [-0.25, -0.2) is 4.79 Å². The monoisotopic (exact) mass is 280 g/mol. The molecule has 0 aliphatic rings. The zero-order chi connectivity index (χ0) is 15.2. The Balaban J connectivity index is 2.75. The van der Waals surface area contributed by atoms with Gasteiger partial charge in [0.25, 0.3) is 0 Å². The van der Waals surface area contributed by atoms with Crippen LogP contribution in [0.25, 0.3) is 0 Å². The van der Waals surface area contributed by atoms with Crippen LogP contribution < -0.4 is 0 Å². The molecule has 1 N–H and O–H groups in total. The summed E-state index contributed by atoms with van der Waals surface area (Å²) in [5.74, 6) is -0.185. The van der Waals surface area contributed by atoms with E-state index in [1.807, 2.05) is 33.8 Å². The van der Waals surface area contributed by atoms with Gasteiger partial charge in [-0.05, 0) is 44.9 Å². The smallest absolute Gasteiger partial charge is 0.336 e. The second-order valence-electron chi connectivity index (χ2n) is 5.77. The van der Waals surface area contributed by atoms with Crippen molar-refractivity contribution in [2.75, 3.05) is 6.61 Å². The number of carbonyl (C=O) groups excluding carboxylic acids is 1. The molecule has 1 unspecified atom stereocenters. The van der Waals surface area contributed by atoms with Crippen molar-refractivity contribution in [3.05, 3.63) is 29.8 Å². The zero-order valence-electron chi connectivity index (χ0n) is 12.7. The van der Waals surface area contributed by atoms with Gasteiger partial charge in [0.15, 0.2) is 6.10 Å². The van der Waals surface area contributed by atoms with Crippen LogP contribution in [-0.2, 0) is 20.7 Å². The summed E-state index contributed by atoms with van der Waals surface area (Å²) in [6.45, 7) is 7.98. The van der Waals surface area contributed by atoms with Crippen LogP contribution in [0.3, 0.4) is 0 Å². The number of esters is 1. The second-order valence-corrected chi connectivity index (χ2v) is 5.77. The Morgan fingerprint density at radius 1 is 1.35 bits per heavy atom. The Morgan fingerprint density at radius 3 is 2.60 bits per heavy atom. The Bertz CT molecular complexity index is 434. The van der Waals surface area contributed by atoms with Crippen molar-refractivity contribution in [2.24, 2.45) is 0 Å². The number of carbonyl (C=O) groups is 1. The summed E-state index contributed by atoms with van der Waals surface area (Å²) < 4.78 is 11.0. The molecule has 0 saturated carbocycles. The summed E-state index contributed by atoms with van der Waals surface area (Å²) in [7, 11) is 0. The summed E-state index contributed by atoms with van der Waals surface area (Å²) in [6.07, 6.45) is 0.582. The van der Waals surface area contributed by atoms with Gasteiger partial charge in [0, 0.05) is 13.0 Å². The van der Waals surface area contributed by atoms with E-state index in [1.54, 1.807) is 18.2 Å². The Hall–Kier alpha value is -1.55. The van der Waals surface area contributed by atoms with Crippen molar-refractivity contribution in [2.45, 2.75) is 52.2 Å². The maximum absolute atomic E-state index is 12.1. The van der Waals surface area contributed by atoms with E-state index in [0.29, 0.717) is 13.0 Å². The van der Waals surface area contributed by atoms with E-state index in [2.05, 4.69) is 0 Å². The van der Waals surface area contributed by atoms with Crippen molar-refractivity contribution in [1.82, 2.24) is 0 Å². The third-order valence-corrected chi connectivity index (χ3v) is 2.52. The fourth-order valence-electron chi connectivity index (χ4n) is 1.74. The van der Waals surface area contributed by atoms with E-state index in [0.717, 1.165) is 12.0 Å². The summed E-state index contributed by atoms with van der Waals surface area (Å²) in [5.41, 5.74) is 0.306. The normalized spacial score (nSPS) is 13.0. The predicted molar refractivity (Wildman–Crippen MR) is 77.7 cm³/mol. The Labute approximate surface area is 120 Å². The van der Waals surface area contributed by atoms with Gasteiger partial charge in [-0.15, -0.1) is 0 Å². The molecule has 1 atom stereocenters. The number of ether oxygens (including phenoxy) is 2. The molecule has 1 aromatic carbocycles. The van der Waals surface area contributed by atoms with E-state index < -0.39 is 11.7 Å². The molecule has 20 heavy (non-hydrogen) atoms. The topological polar surface area (TPSA) is 55.8 Å². The van der Waals surface area contributed by atoms with Crippen molar-refractivity contribution >= 4 is 5.97 Å². The zero-order valence-corrected chi connectivity index (χ0v) is 12.7. The highest BCUT2D eigenvalue weighted by atomic mass is 16.6. The van der Waals surface area contributed by atoms with Gasteiger partial charge in [-0.1, -0.05) is 19.1 Å². The van der Waals surface area contributed by atoms with Gasteiger partial charge in [-0.2, -0.15) is 0 Å². The first kappa shape index (κ1) is 16.5. The summed E-state index contributed by atoms with van der Waals surface area (Å²) in [4.78, 5) is 12.1. The van der Waals surface area contributed by atoms with Gasteiger partial charge >= 0.3 is 5.97 Å². The van der Waals surface area contributed by atoms with Crippen LogP contribution in [-0.4, -0.2) is 29.4 Å². The SMILES string of the molecule is CCCOC(Cc1cccc(O)c1)C(=O)OC(C)(C)C. The first-order chi connectivity index (χ1) is 9.31. The van der Waals surface area contributed by atoms with E-state index in [-0.39, 0.29) is 11.7 Å². The number of rotatable bonds is 6. The van der Waals surface area contributed by atoms with Gasteiger partial charge in [0.2, 0.25) is 0 Å². The van der Waals surface area contributed by atoms with Crippen molar-refractivity contribution in [3.63, 3.8) is 0 Å². The number of hydrogen-bond acceptors (Lipinski definition) is 4. The fourth-order valence-corrected chi connectivity index (χ4v) is 1.74. The minimum Gasteiger partial charge on any atom is -0.508 e. The van der Waals surface area contributed by atoms with E-state index in [4.69, 9.17) is 9.47 Å². The highest BCUT2D eigenvalue weighted by molar-refractivity contribution is 5.75. The van der Waals surface area contributed by atoms with Gasteiger partial charge < -0.3 is 14.6 Å². The van der Waals surface area contributed by atoms with Gasteiger partial charge in [0.05, 0.1) is 0 Å². The van der Waals surface area contributed by atoms with E-state index in [9.17, 15) is 9.90 Å². The van der Waals surface area contributed by atoms with Crippen LogP contribution in [0, 0.1) is 0 Å². The van der Waals surface area contributed by atoms with E-state index >= 15 is 0 Å². The number of hydrogen-bond donors (Lipinski definition) is 1. The minimum atomic E-state index is -0.643. The number of benzene rings is 1. The fraction of sp³-hybridized carbons (Fsp3) is 0.562. The lowest BCUT2D eigenvalue weighted by Gasteiger charge is -2.24. The van der Waals surface area contributed by atoms with Crippen LogP contribution in [0.5, 0.6) is 5.75 Å². The molecule has 112 valence electrons. The first-order valence-corrected chi connectivity index (χ1v) is 6.94. The average molecular weight is 280 g/mol. The van der Waals surface area contributed by atoms with E-state index in [1.165, 1.54) is 0 Å². The molecule has 0 heterocycles. The highest BCUT2D eigenvalue weighted by Crippen LogP contribution is 2.16. The van der Waals surface area contributed by atoms with Crippen LogP contribution >= 0.6 is 0 Å². The van der Waals surface area contributed by atoms with Crippen molar-refractivity contribution in [3.8, 4) is 5.75 Å². The number of aromatic hydroxyl groups is 1. The molecule has 0 spiro atoms. The summed E-state index contributed by atoms with van der Waals surface area (Å²) in [5, 5.41) is 9.47. The van der Waals surface area contributed by atoms with Gasteiger partial charge in [0.1, 0.15) is 11.4 Å². The molecule has 0 fully saturated rings. The minimum absolute atomic E-state index is 0.181. The van der Waals surface area contributed by atoms with Gasteiger partial charge in [-0.3, -0.25) is 0 Å². The molecule has 0 aliphatic heterocycles.